The largest absolute Gasteiger partial charge is 0.325 e. The van der Waals surface area contributed by atoms with Crippen molar-refractivity contribution in [3.63, 3.8) is 0 Å². The molecule has 5 nitrogen and oxygen atoms in total. The van der Waals surface area contributed by atoms with Crippen molar-refractivity contribution in [3.8, 4) is 0 Å². The molecule has 0 bridgehead atoms. The lowest BCUT2D eigenvalue weighted by Crippen LogP contribution is -2.24. The number of hydrogen-bond acceptors (Lipinski definition) is 3. The van der Waals surface area contributed by atoms with Crippen molar-refractivity contribution in [1.82, 2.24) is 10.3 Å². The van der Waals surface area contributed by atoms with Gasteiger partial charge in [0.15, 0.2) is 0 Å². The molecule has 1 aromatic rings. The van der Waals surface area contributed by atoms with Gasteiger partial charge in [-0.2, -0.15) is 0 Å². The van der Waals surface area contributed by atoms with Gasteiger partial charge in [-0.05, 0) is 31.2 Å². The van der Waals surface area contributed by atoms with E-state index in [1.165, 1.54) is 0 Å². The van der Waals surface area contributed by atoms with Crippen LogP contribution in [0.2, 0.25) is 0 Å². The Bertz CT molecular complexity index is 571. The minimum atomic E-state index is -0.574. The zero-order valence-corrected chi connectivity index (χ0v) is 8.55. The summed E-state index contributed by atoms with van der Waals surface area (Å²) in [6.07, 6.45) is 3.54. The summed E-state index contributed by atoms with van der Waals surface area (Å²) in [5.41, 5.74) is 1.53. The fourth-order valence-corrected chi connectivity index (χ4v) is 2.48. The molecule has 2 N–H and O–H groups in total. The number of amides is 2. The minimum absolute atomic E-state index is 0.00866. The van der Waals surface area contributed by atoms with Crippen LogP contribution in [0.15, 0.2) is 4.79 Å². The molecule has 0 spiro atoms. The van der Waals surface area contributed by atoms with Crippen molar-refractivity contribution >= 4 is 11.8 Å². The number of rotatable bonds is 0. The molecule has 0 saturated carbocycles. The highest BCUT2D eigenvalue weighted by Crippen LogP contribution is 2.25. The number of H-pyrrole nitrogens is 1. The van der Waals surface area contributed by atoms with E-state index in [4.69, 9.17) is 0 Å². The predicted molar refractivity (Wildman–Crippen MR) is 55.5 cm³/mol. The lowest BCUT2D eigenvalue weighted by Gasteiger charge is -2.16. The monoisotopic (exact) mass is 218 g/mol. The fraction of sp³-hybridized carbons (Fsp3) is 0.364. The van der Waals surface area contributed by atoms with Gasteiger partial charge in [-0.3, -0.25) is 19.7 Å². The third kappa shape index (κ3) is 1.08. The Hall–Kier alpha value is -1.91. The molecule has 0 aromatic carbocycles. The van der Waals surface area contributed by atoms with Crippen molar-refractivity contribution in [2.24, 2.45) is 0 Å². The van der Waals surface area contributed by atoms with E-state index in [9.17, 15) is 14.4 Å². The van der Waals surface area contributed by atoms with Gasteiger partial charge in [0.25, 0.3) is 17.4 Å². The van der Waals surface area contributed by atoms with Crippen molar-refractivity contribution in [1.29, 1.82) is 0 Å². The van der Waals surface area contributed by atoms with Crippen molar-refractivity contribution in [2.75, 3.05) is 0 Å². The molecular weight excluding hydrogens is 208 g/mol. The molecule has 0 radical (unpaired) electrons. The van der Waals surface area contributed by atoms with Crippen LogP contribution < -0.4 is 10.9 Å². The van der Waals surface area contributed by atoms with Gasteiger partial charge in [0.2, 0.25) is 0 Å². The van der Waals surface area contributed by atoms with Gasteiger partial charge in [-0.1, -0.05) is 0 Å². The van der Waals surface area contributed by atoms with Crippen LogP contribution in [0.3, 0.4) is 0 Å². The Morgan fingerprint density at radius 2 is 1.56 bits per heavy atom. The number of aryl methyl sites for hydroxylation is 1. The van der Waals surface area contributed by atoms with E-state index in [0.29, 0.717) is 5.56 Å². The summed E-state index contributed by atoms with van der Waals surface area (Å²) in [5.74, 6) is -1.00. The van der Waals surface area contributed by atoms with Gasteiger partial charge in [-0.25, -0.2) is 0 Å². The first-order chi connectivity index (χ1) is 7.68. The van der Waals surface area contributed by atoms with E-state index in [-0.39, 0.29) is 5.56 Å². The van der Waals surface area contributed by atoms with Gasteiger partial charge in [-0.15, -0.1) is 0 Å². The third-order valence-electron chi connectivity index (χ3n) is 3.19. The fourth-order valence-electron chi connectivity index (χ4n) is 2.48. The number of carbonyl (C=O) groups is 2. The lowest BCUT2D eigenvalue weighted by atomic mass is 9.91. The number of pyridine rings is 1. The zero-order valence-electron chi connectivity index (χ0n) is 8.55. The van der Waals surface area contributed by atoms with Crippen LogP contribution in [-0.4, -0.2) is 16.8 Å². The second-order valence-corrected chi connectivity index (χ2v) is 4.15. The average molecular weight is 218 g/mol. The van der Waals surface area contributed by atoms with Crippen molar-refractivity contribution in [3.05, 3.63) is 32.7 Å². The SMILES string of the molecule is O=C1NC(=O)c2c1c1c([nH]c2=O)CCCC1. The Morgan fingerprint density at radius 1 is 0.875 bits per heavy atom. The molecule has 2 heterocycles. The number of aromatic amines is 1. The average Bonchev–Trinajstić information content (AvgIpc) is 2.55. The number of hydrogen-bond donors (Lipinski definition) is 2. The summed E-state index contributed by atoms with van der Waals surface area (Å²) in [6.45, 7) is 0. The molecule has 0 atom stereocenters. The number of nitrogens with one attached hydrogen (secondary N) is 2. The molecule has 5 heteroatoms. The molecule has 3 rings (SSSR count). The summed E-state index contributed by atoms with van der Waals surface area (Å²) in [4.78, 5) is 37.4. The first-order valence-electron chi connectivity index (χ1n) is 5.32. The van der Waals surface area contributed by atoms with Crippen molar-refractivity contribution < 1.29 is 9.59 Å². The van der Waals surface area contributed by atoms with Gasteiger partial charge < -0.3 is 4.98 Å². The number of carbonyl (C=O) groups excluding carboxylic acids is 2. The minimum Gasteiger partial charge on any atom is -0.325 e. The maximum atomic E-state index is 11.7. The third-order valence-corrected chi connectivity index (χ3v) is 3.19. The van der Waals surface area contributed by atoms with Crippen LogP contribution >= 0.6 is 0 Å². The highest BCUT2D eigenvalue weighted by molar-refractivity contribution is 6.22. The molecule has 2 aliphatic rings. The van der Waals surface area contributed by atoms with Crippen LogP contribution in [0.5, 0.6) is 0 Å². The maximum absolute atomic E-state index is 11.7. The van der Waals surface area contributed by atoms with Gasteiger partial charge in [0.05, 0.1) is 5.56 Å². The zero-order chi connectivity index (χ0) is 11.3. The molecular formula is C11H10N2O3. The van der Waals surface area contributed by atoms with Crippen LogP contribution in [0, 0.1) is 0 Å². The van der Waals surface area contributed by atoms with E-state index in [0.717, 1.165) is 36.9 Å². The van der Waals surface area contributed by atoms with Crippen LogP contribution in [0.1, 0.15) is 44.8 Å². The Kier molecular flexibility index (Phi) is 1.77. The number of fused-ring (bicyclic) bond motifs is 3. The van der Waals surface area contributed by atoms with Gasteiger partial charge >= 0.3 is 0 Å². The molecule has 0 unspecified atom stereocenters. The van der Waals surface area contributed by atoms with Gasteiger partial charge in [0, 0.05) is 5.69 Å². The molecule has 82 valence electrons. The summed E-state index contributed by atoms with van der Waals surface area (Å²) in [5, 5.41) is 2.18. The molecule has 2 amide bonds. The first kappa shape index (κ1) is 9.33. The molecule has 1 aromatic heterocycles. The van der Waals surface area contributed by atoms with E-state index < -0.39 is 17.4 Å². The summed E-state index contributed by atoms with van der Waals surface area (Å²) >= 11 is 0. The topological polar surface area (TPSA) is 79.0 Å². The number of aromatic nitrogens is 1. The van der Waals surface area contributed by atoms with E-state index in [1.54, 1.807) is 0 Å². The number of imide groups is 1. The van der Waals surface area contributed by atoms with Crippen LogP contribution in [0.4, 0.5) is 0 Å². The Labute approximate surface area is 90.9 Å². The maximum Gasteiger partial charge on any atom is 0.264 e. The van der Waals surface area contributed by atoms with E-state index in [2.05, 4.69) is 10.3 Å². The summed E-state index contributed by atoms with van der Waals surface area (Å²) in [6, 6.07) is 0. The molecule has 0 fully saturated rings. The van der Waals surface area contributed by atoms with E-state index in [1.807, 2.05) is 0 Å². The second kappa shape index (κ2) is 3.04. The smallest absolute Gasteiger partial charge is 0.264 e. The van der Waals surface area contributed by atoms with E-state index >= 15 is 0 Å². The summed E-state index contributed by atoms with van der Waals surface area (Å²) in [7, 11) is 0. The lowest BCUT2D eigenvalue weighted by molar-refractivity contribution is 0.0879. The first-order valence-corrected chi connectivity index (χ1v) is 5.32. The highest BCUT2D eigenvalue weighted by atomic mass is 16.2. The quantitative estimate of drug-likeness (QED) is 0.608. The standard InChI is InChI=1S/C11H10N2O3/c14-9-7-5-3-1-2-4-6(5)12-10(15)8(7)11(16)13-9/h1-4H2,(H,12,15)(H,13,14,16). The molecule has 1 aliphatic carbocycles. The normalized spacial score (nSPS) is 18.0. The molecule has 0 saturated heterocycles. The highest BCUT2D eigenvalue weighted by Gasteiger charge is 2.34. The molecule has 16 heavy (non-hydrogen) atoms. The molecule has 1 aliphatic heterocycles. The Balaban J connectivity index is 2.38. The van der Waals surface area contributed by atoms with Crippen molar-refractivity contribution in [2.45, 2.75) is 25.7 Å². The Morgan fingerprint density at radius 3 is 2.38 bits per heavy atom. The van der Waals surface area contributed by atoms with Gasteiger partial charge in [0.1, 0.15) is 5.56 Å². The second-order valence-electron chi connectivity index (χ2n) is 4.15. The van der Waals surface area contributed by atoms with Crippen LogP contribution in [-0.2, 0) is 12.8 Å². The summed E-state index contributed by atoms with van der Waals surface area (Å²) < 4.78 is 0. The predicted octanol–water partition coefficient (Wildman–Crippen LogP) is 0.137. The van der Waals surface area contributed by atoms with Crippen LogP contribution in [0.25, 0.3) is 0 Å².